The summed E-state index contributed by atoms with van der Waals surface area (Å²) in [5.41, 5.74) is 0. The largest absolute Gasteiger partial charge is 0.396 e. The lowest BCUT2D eigenvalue weighted by Crippen LogP contribution is -2.56. The number of ether oxygens (including phenoxy) is 1. The van der Waals surface area contributed by atoms with Gasteiger partial charge in [0.15, 0.2) is 0 Å². The van der Waals surface area contributed by atoms with Gasteiger partial charge in [-0.05, 0) is 19.3 Å². The van der Waals surface area contributed by atoms with Gasteiger partial charge in [-0.1, -0.05) is 239 Å². The molecule has 0 heterocycles. The van der Waals surface area contributed by atoms with E-state index in [0.29, 0.717) is 12.8 Å². The van der Waals surface area contributed by atoms with Gasteiger partial charge in [0.25, 0.3) is 0 Å². The molecule has 1 aliphatic rings. The fraction of sp³-hybridized carbons (Fsp3) is 0.980. The van der Waals surface area contributed by atoms with Crippen LogP contribution in [0, 0.1) is 5.92 Å². The Bertz CT molecular complexity index is 890. The molecule has 8 heteroatoms. The predicted molar refractivity (Wildman–Crippen MR) is 248 cm³/mol. The average Bonchev–Trinajstić information content (AvgIpc) is 3.23. The number of aliphatic hydroxyl groups is 5. The maximum absolute atomic E-state index is 13.0. The van der Waals surface area contributed by atoms with Crippen LogP contribution in [0.2, 0.25) is 0 Å². The van der Waals surface area contributed by atoms with Crippen LogP contribution >= 0.6 is 0 Å². The van der Waals surface area contributed by atoms with Gasteiger partial charge >= 0.3 is 0 Å². The third-order valence-corrected chi connectivity index (χ3v) is 13.2. The first kappa shape index (κ1) is 56.2. The van der Waals surface area contributed by atoms with Crippen LogP contribution < -0.4 is 5.32 Å². The normalized spacial score (nSPS) is 20.6. The summed E-state index contributed by atoms with van der Waals surface area (Å²) in [6.07, 6.45) is 42.6. The van der Waals surface area contributed by atoms with E-state index in [1.54, 1.807) is 0 Å². The highest BCUT2D eigenvalue weighted by Crippen LogP contribution is 2.28. The predicted octanol–water partition coefficient (Wildman–Crippen LogP) is 12.2. The Balaban J connectivity index is 2.21. The van der Waals surface area contributed by atoms with E-state index in [1.165, 1.54) is 193 Å². The summed E-state index contributed by atoms with van der Waals surface area (Å²) in [5, 5.41) is 55.0. The minimum atomic E-state index is -1.42. The zero-order valence-corrected chi connectivity index (χ0v) is 39.1. The van der Waals surface area contributed by atoms with Crippen molar-refractivity contribution in [3.8, 4) is 0 Å². The number of unbranched alkanes of at least 4 members (excludes halogenated alkanes) is 34. The van der Waals surface area contributed by atoms with Crippen LogP contribution in [-0.4, -0.2) is 81.2 Å². The lowest BCUT2D eigenvalue weighted by molar-refractivity contribution is -0.181. The molecule has 0 unspecified atom stereocenters. The molecule has 0 spiro atoms. The third-order valence-electron chi connectivity index (χ3n) is 13.2. The number of hydrogen-bond acceptors (Lipinski definition) is 7. The van der Waals surface area contributed by atoms with Crippen molar-refractivity contribution in [3.05, 3.63) is 0 Å². The van der Waals surface area contributed by atoms with E-state index in [1.807, 2.05) is 0 Å². The van der Waals surface area contributed by atoms with E-state index in [0.717, 1.165) is 38.5 Å². The fourth-order valence-corrected chi connectivity index (χ4v) is 9.03. The monoisotopic (exact) mass is 840 g/mol. The lowest BCUT2D eigenvalue weighted by Gasteiger charge is -2.40. The molecule has 1 aliphatic carbocycles. The van der Waals surface area contributed by atoms with Gasteiger partial charge < -0.3 is 35.6 Å². The van der Waals surface area contributed by atoms with E-state index in [4.69, 9.17) is 4.74 Å². The number of rotatable bonds is 44. The lowest BCUT2D eigenvalue weighted by atomic mass is 9.81. The number of carbonyl (C=O) groups excluding carboxylic acids is 1. The van der Waals surface area contributed by atoms with E-state index in [9.17, 15) is 30.3 Å². The first-order chi connectivity index (χ1) is 28.8. The van der Waals surface area contributed by atoms with Crippen LogP contribution in [-0.2, 0) is 9.53 Å². The fourth-order valence-electron chi connectivity index (χ4n) is 9.03. The highest BCUT2D eigenvalue weighted by atomic mass is 16.5. The van der Waals surface area contributed by atoms with Crippen molar-refractivity contribution in [1.82, 2.24) is 5.32 Å². The zero-order chi connectivity index (χ0) is 43.0. The Morgan fingerprint density at radius 2 is 0.847 bits per heavy atom. The van der Waals surface area contributed by atoms with Crippen LogP contribution in [0.1, 0.15) is 264 Å². The molecule has 59 heavy (non-hydrogen) atoms. The maximum atomic E-state index is 13.0. The summed E-state index contributed by atoms with van der Waals surface area (Å²) in [7, 11) is 0. The smallest absolute Gasteiger partial charge is 0.220 e. The first-order valence-electron chi connectivity index (χ1n) is 26.1. The number of carbonyl (C=O) groups is 1. The molecule has 7 atom stereocenters. The molecule has 1 rings (SSSR count). The van der Waals surface area contributed by atoms with Gasteiger partial charge in [0.05, 0.1) is 31.0 Å². The minimum Gasteiger partial charge on any atom is -0.396 e. The van der Waals surface area contributed by atoms with Gasteiger partial charge in [-0.25, -0.2) is 0 Å². The molecule has 1 saturated carbocycles. The van der Waals surface area contributed by atoms with Crippen LogP contribution in [0.4, 0.5) is 0 Å². The summed E-state index contributed by atoms with van der Waals surface area (Å²) in [4.78, 5) is 13.0. The molecule has 0 saturated heterocycles. The molecule has 6 N–H and O–H groups in total. The molecule has 0 radical (unpaired) electrons. The standard InChI is InChI=1S/C51H101NO7/c1-3-5-7-9-11-13-15-17-18-19-20-21-22-23-24-25-26-28-30-32-34-36-38-40-48(55)52-45(43-59-47-41-44(42-53)49(56)51(58)50(47)57)46(54)39-37-35-33-31-29-27-16-14-12-10-8-6-4-2/h44-47,49-51,53-54,56-58H,3-43H2,1-2H3,(H,52,55)/t44-,45+,46-,47+,49+,50+,51+/m1/s1. The van der Waals surface area contributed by atoms with E-state index < -0.39 is 42.5 Å². The van der Waals surface area contributed by atoms with Gasteiger partial charge in [-0.3, -0.25) is 4.79 Å². The van der Waals surface area contributed by atoms with Crippen molar-refractivity contribution < 1.29 is 35.1 Å². The number of nitrogens with one attached hydrogen (secondary N) is 1. The minimum absolute atomic E-state index is 0.00651. The second-order valence-corrected chi connectivity index (χ2v) is 18.8. The maximum Gasteiger partial charge on any atom is 0.220 e. The molecule has 0 aromatic carbocycles. The van der Waals surface area contributed by atoms with Crippen LogP contribution in [0.15, 0.2) is 0 Å². The van der Waals surface area contributed by atoms with Gasteiger partial charge in [0, 0.05) is 18.9 Å². The molecule has 1 amide bonds. The summed E-state index contributed by atoms with van der Waals surface area (Å²) >= 11 is 0. The molecule has 0 aromatic rings. The molecule has 1 fully saturated rings. The molecule has 0 bridgehead atoms. The molecule has 8 nitrogen and oxygen atoms in total. The van der Waals surface area contributed by atoms with E-state index >= 15 is 0 Å². The van der Waals surface area contributed by atoms with Crippen molar-refractivity contribution in [1.29, 1.82) is 0 Å². The van der Waals surface area contributed by atoms with Gasteiger partial charge in [-0.15, -0.1) is 0 Å². The Hall–Kier alpha value is -0.770. The van der Waals surface area contributed by atoms with Crippen molar-refractivity contribution in [3.63, 3.8) is 0 Å². The average molecular weight is 840 g/mol. The first-order valence-corrected chi connectivity index (χ1v) is 26.1. The Kier molecular flexibility index (Phi) is 39.3. The Labute approximate surface area is 365 Å². The van der Waals surface area contributed by atoms with Crippen molar-refractivity contribution in [2.45, 2.75) is 301 Å². The Morgan fingerprint density at radius 3 is 1.20 bits per heavy atom. The highest BCUT2D eigenvalue weighted by molar-refractivity contribution is 5.76. The van der Waals surface area contributed by atoms with Gasteiger partial charge in [0.2, 0.25) is 5.91 Å². The molecule has 0 aliphatic heterocycles. The number of aliphatic hydroxyl groups excluding tert-OH is 5. The Morgan fingerprint density at radius 1 is 0.508 bits per heavy atom. The van der Waals surface area contributed by atoms with Crippen LogP contribution in [0.5, 0.6) is 0 Å². The number of amides is 1. The van der Waals surface area contributed by atoms with Crippen LogP contribution in [0.25, 0.3) is 0 Å². The van der Waals surface area contributed by atoms with Crippen molar-refractivity contribution >= 4 is 5.91 Å². The topological polar surface area (TPSA) is 139 Å². The third kappa shape index (κ3) is 31.7. The summed E-state index contributed by atoms with van der Waals surface area (Å²) < 4.78 is 6.00. The molecular formula is C51H101NO7. The summed E-state index contributed by atoms with van der Waals surface area (Å²) in [6.45, 7) is 4.21. The summed E-state index contributed by atoms with van der Waals surface area (Å²) in [5.74, 6) is -0.708. The van der Waals surface area contributed by atoms with Gasteiger partial charge in [0.1, 0.15) is 12.2 Å². The van der Waals surface area contributed by atoms with E-state index in [2.05, 4.69) is 19.2 Å². The van der Waals surface area contributed by atoms with E-state index in [-0.39, 0.29) is 25.5 Å². The molecule has 352 valence electrons. The van der Waals surface area contributed by atoms with Crippen LogP contribution in [0.3, 0.4) is 0 Å². The zero-order valence-electron chi connectivity index (χ0n) is 39.1. The highest BCUT2D eigenvalue weighted by Gasteiger charge is 2.43. The molecular weight excluding hydrogens is 739 g/mol. The second kappa shape index (κ2) is 41.3. The second-order valence-electron chi connectivity index (χ2n) is 18.8. The van der Waals surface area contributed by atoms with Gasteiger partial charge in [-0.2, -0.15) is 0 Å². The summed E-state index contributed by atoms with van der Waals surface area (Å²) in [6, 6.07) is -0.631. The quantitative estimate of drug-likeness (QED) is 0.0336. The van der Waals surface area contributed by atoms with Crippen molar-refractivity contribution in [2.75, 3.05) is 13.2 Å². The van der Waals surface area contributed by atoms with Crippen molar-refractivity contribution in [2.24, 2.45) is 5.92 Å². The SMILES string of the molecule is CCCCCCCCCCCCCCCCCCCCCCCCCC(=O)N[C@@H](CO[C@H]1C[C@H](CO)[C@H](O)[C@H](O)[C@H]1O)[C@H](O)CCCCCCCCCCCCCCC. The number of hydrogen-bond donors (Lipinski definition) is 6. The molecule has 0 aromatic heterocycles.